The summed E-state index contributed by atoms with van der Waals surface area (Å²) in [6.07, 6.45) is 6.97. The second-order valence-corrected chi connectivity index (χ2v) is 11.1. The highest BCUT2D eigenvalue weighted by molar-refractivity contribution is 6.35. The molecule has 192 valence electrons. The number of hydrogen-bond donors (Lipinski definition) is 2. The predicted octanol–water partition coefficient (Wildman–Crippen LogP) is 6.18. The molecule has 3 aromatic heterocycles. The third-order valence-electron chi connectivity index (χ3n) is 7.13. The number of halogens is 3. The van der Waals surface area contributed by atoms with E-state index in [0.717, 1.165) is 36.5 Å². The fourth-order valence-corrected chi connectivity index (χ4v) is 5.59. The van der Waals surface area contributed by atoms with Gasteiger partial charge in [0.15, 0.2) is 11.6 Å². The van der Waals surface area contributed by atoms with E-state index >= 15 is 4.39 Å². The zero-order chi connectivity index (χ0) is 25.7. The minimum atomic E-state index is -0.407. The van der Waals surface area contributed by atoms with E-state index in [9.17, 15) is 0 Å². The van der Waals surface area contributed by atoms with Crippen molar-refractivity contribution >= 4 is 39.9 Å². The quantitative estimate of drug-likeness (QED) is 0.277. The molecule has 1 aromatic carbocycles. The number of fused-ring (bicyclic) bond motifs is 1. The summed E-state index contributed by atoms with van der Waals surface area (Å²) in [7, 11) is 0. The Morgan fingerprint density at radius 3 is 2.65 bits per heavy atom. The lowest BCUT2D eigenvalue weighted by atomic mass is 9.92. The smallest absolute Gasteiger partial charge is 0.166 e. The summed E-state index contributed by atoms with van der Waals surface area (Å²) in [6, 6.07) is 7.07. The van der Waals surface area contributed by atoms with Crippen LogP contribution in [0.15, 0.2) is 42.9 Å². The first-order chi connectivity index (χ1) is 17.8. The molecule has 2 aliphatic rings. The van der Waals surface area contributed by atoms with Crippen molar-refractivity contribution in [3.8, 4) is 17.0 Å². The second kappa shape index (κ2) is 9.42. The number of rotatable bonds is 8. The van der Waals surface area contributed by atoms with Crippen molar-refractivity contribution in [1.82, 2.24) is 25.5 Å². The highest BCUT2D eigenvalue weighted by Crippen LogP contribution is 2.36. The van der Waals surface area contributed by atoms with Gasteiger partial charge in [-0.25, -0.2) is 9.37 Å². The zero-order valence-electron chi connectivity index (χ0n) is 20.6. The van der Waals surface area contributed by atoms with Gasteiger partial charge in [0.1, 0.15) is 17.5 Å². The summed E-state index contributed by atoms with van der Waals surface area (Å²) in [5, 5.41) is 12.7. The third-order valence-corrected chi connectivity index (χ3v) is 7.74. The SMILES string of the molecule is C[C@@H](Oc1ccc2[nH]nc(-c3cnc(N4CC(C)(NCC5CC5)C4)c(F)c3)c2c1)c1c(Cl)cncc1Cl. The van der Waals surface area contributed by atoms with Gasteiger partial charge < -0.3 is 15.0 Å². The minimum absolute atomic E-state index is 0.00598. The van der Waals surface area contributed by atoms with Crippen LogP contribution in [0.25, 0.3) is 22.2 Å². The summed E-state index contributed by atoms with van der Waals surface area (Å²) >= 11 is 12.6. The molecule has 1 saturated heterocycles. The van der Waals surface area contributed by atoms with Crippen LogP contribution in [0.5, 0.6) is 5.75 Å². The number of H-pyrrole nitrogens is 1. The van der Waals surface area contributed by atoms with Gasteiger partial charge in [0, 0.05) is 48.2 Å². The fraction of sp³-hybridized carbons (Fsp3) is 0.370. The topological polar surface area (TPSA) is 79.0 Å². The van der Waals surface area contributed by atoms with Crippen LogP contribution in [0.4, 0.5) is 10.2 Å². The molecule has 0 spiro atoms. The van der Waals surface area contributed by atoms with Gasteiger partial charge in [0.25, 0.3) is 0 Å². The Hall–Kier alpha value is -2.94. The lowest BCUT2D eigenvalue weighted by molar-refractivity contribution is 0.227. The number of benzene rings is 1. The maximum absolute atomic E-state index is 15.2. The summed E-state index contributed by atoms with van der Waals surface area (Å²) in [5.74, 6) is 1.43. The van der Waals surface area contributed by atoms with E-state index in [-0.39, 0.29) is 11.4 Å². The Morgan fingerprint density at radius 2 is 1.95 bits per heavy atom. The molecule has 2 fully saturated rings. The van der Waals surface area contributed by atoms with E-state index in [1.54, 1.807) is 6.20 Å². The van der Waals surface area contributed by atoms with E-state index in [1.807, 2.05) is 30.0 Å². The van der Waals surface area contributed by atoms with Gasteiger partial charge in [-0.3, -0.25) is 10.1 Å². The van der Waals surface area contributed by atoms with Gasteiger partial charge in [-0.1, -0.05) is 23.2 Å². The monoisotopic (exact) mass is 540 g/mol. The molecule has 1 saturated carbocycles. The molecule has 2 N–H and O–H groups in total. The summed E-state index contributed by atoms with van der Waals surface area (Å²) in [5.41, 5.74) is 2.67. The molecule has 4 aromatic rings. The molecule has 7 nitrogen and oxygen atoms in total. The van der Waals surface area contributed by atoms with Gasteiger partial charge in [-0.05, 0) is 63.4 Å². The molecule has 10 heteroatoms. The number of hydrogen-bond acceptors (Lipinski definition) is 6. The Morgan fingerprint density at radius 1 is 1.19 bits per heavy atom. The predicted molar refractivity (Wildman–Crippen MR) is 144 cm³/mol. The fourth-order valence-electron chi connectivity index (χ4n) is 4.92. The van der Waals surface area contributed by atoms with Gasteiger partial charge in [0.2, 0.25) is 0 Å². The Balaban J connectivity index is 1.21. The lowest BCUT2D eigenvalue weighted by Crippen LogP contribution is -2.68. The van der Waals surface area contributed by atoms with Crippen LogP contribution in [0.2, 0.25) is 10.0 Å². The number of nitrogens with zero attached hydrogens (tertiary/aromatic N) is 4. The highest BCUT2D eigenvalue weighted by Gasteiger charge is 2.41. The van der Waals surface area contributed by atoms with Crippen LogP contribution in [0.3, 0.4) is 0 Å². The third kappa shape index (κ3) is 4.85. The van der Waals surface area contributed by atoms with Crippen molar-refractivity contribution in [3.05, 3.63) is 64.3 Å². The van der Waals surface area contributed by atoms with Gasteiger partial charge in [-0.2, -0.15) is 5.10 Å². The van der Waals surface area contributed by atoms with E-state index in [1.165, 1.54) is 31.3 Å². The summed E-state index contributed by atoms with van der Waals surface area (Å²) < 4.78 is 21.3. The first kappa shape index (κ1) is 24.4. The van der Waals surface area contributed by atoms with Gasteiger partial charge >= 0.3 is 0 Å². The van der Waals surface area contributed by atoms with Crippen LogP contribution < -0.4 is 15.0 Å². The molecule has 0 radical (unpaired) electrons. The largest absolute Gasteiger partial charge is 0.486 e. The van der Waals surface area contributed by atoms with Gasteiger partial charge in [0.05, 0.1) is 21.1 Å². The zero-order valence-corrected chi connectivity index (χ0v) is 22.1. The molecule has 4 heterocycles. The summed E-state index contributed by atoms with van der Waals surface area (Å²) in [6.45, 7) is 6.56. The minimum Gasteiger partial charge on any atom is -0.486 e. The number of anilines is 1. The Labute approximate surface area is 224 Å². The summed E-state index contributed by atoms with van der Waals surface area (Å²) in [4.78, 5) is 10.4. The maximum atomic E-state index is 15.2. The molecule has 37 heavy (non-hydrogen) atoms. The van der Waals surface area contributed by atoms with Crippen LogP contribution >= 0.6 is 23.2 Å². The number of nitrogens with one attached hydrogen (secondary N) is 2. The van der Waals surface area contributed by atoms with Crippen molar-refractivity contribution in [3.63, 3.8) is 0 Å². The average Bonchev–Trinajstić information content (AvgIpc) is 3.58. The first-order valence-corrected chi connectivity index (χ1v) is 13.1. The first-order valence-electron chi connectivity index (χ1n) is 12.4. The number of aromatic nitrogens is 4. The normalized spacial score (nSPS) is 17.6. The molecule has 1 aliphatic heterocycles. The van der Waals surface area contributed by atoms with Crippen LogP contribution in [-0.2, 0) is 0 Å². The average molecular weight is 541 g/mol. The molecule has 1 aliphatic carbocycles. The van der Waals surface area contributed by atoms with E-state index in [4.69, 9.17) is 27.9 Å². The van der Waals surface area contributed by atoms with Crippen molar-refractivity contribution < 1.29 is 9.13 Å². The number of ether oxygens (including phenoxy) is 1. The van der Waals surface area contributed by atoms with Crippen molar-refractivity contribution in [2.75, 3.05) is 24.5 Å². The van der Waals surface area contributed by atoms with Crippen LogP contribution in [-0.4, -0.2) is 45.3 Å². The van der Waals surface area contributed by atoms with E-state index < -0.39 is 6.10 Å². The standard InChI is InChI=1S/C27H27Cl2FN6O/c1-15(24-20(28)11-31-12-21(24)29)37-18-5-6-23-19(8-18)25(35-34-23)17-7-22(30)26(32-10-17)36-13-27(2,14-36)33-9-16-3-4-16/h5-8,10-12,15-16,33H,3-4,9,13-14H2,1-2H3,(H,34,35)/t15-/m1/s1. The number of aromatic amines is 1. The molecular weight excluding hydrogens is 514 g/mol. The van der Waals surface area contributed by atoms with Crippen LogP contribution in [0.1, 0.15) is 38.4 Å². The van der Waals surface area contributed by atoms with Crippen molar-refractivity contribution in [2.24, 2.45) is 5.92 Å². The van der Waals surface area contributed by atoms with Crippen molar-refractivity contribution in [2.45, 2.75) is 38.3 Å². The number of pyridine rings is 2. The Kier molecular flexibility index (Phi) is 6.21. The lowest BCUT2D eigenvalue weighted by Gasteiger charge is -2.49. The molecule has 0 unspecified atom stereocenters. The molecule has 1 atom stereocenters. The van der Waals surface area contributed by atoms with E-state index in [2.05, 4.69) is 32.4 Å². The molecule has 0 amide bonds. The highest BCUT2D eigenvalue weighted by atomic mass is 35.5. The molecule has 6 rings (SSSR count). The second-order valence-electron chi connectivity index (χ2n) is 10.3. The molecule has 0 bridgehead atoms. The maximum Gasteiger partial charge on any atom is 0.166 e. The molecular formula is C27H27Cl2FN6O. The van der Waals surface area contributed by atoms with Crippen LogP contribution in [0, 0.1) is 11.7 Å². The van der Waals surface area contributed by atoms with Crippen molar-refractivity contribution in [1.29, 1.82) is 0 Å². The Bertz CT molecular complexity index is 1450. The van der Waals surface area contributed by atoms with E-state index in [0.29, 0.717) is 38.4 Å². The van der Waals surface area contributed by atoms with Gasteiger partial charge in [-0.15, -0.1) is 0 Å².